The molecule has 7 heteroatoms. The Bertz CT molecular complexity index is 735. The third-order valence-corrected chi connectivity index (χ3v) is 4.22. The molecule has 2 heterocycles. The highest BCUT2D eigenvalue weighted by molar-refractivity contribution is 5.92. The summed E-state index contributed by atoms with van der Waals surface area (Å²) in [5, 5.41) is 0. The molecular weight excluding hydrogens is 319 g/mol. The molecule has 1 aromatic heterocycles. The number of aryl methyl sites for hydroxylation is 1. The number of aromatic nitrogens is 1. The van der Waals surface area contributed by atoms with Crippen LogP contribution in [0.2, 0.25) is 0 Å². The molecule has 3 rings (SSSR count). The Kier molecular flexibility index (Phi) is 4.36. The minimum atomic E-state index is -4.31. The molecule has 0 bridgehead atoms. The highest BCUT2D eigenvalue weighted by Gasteiger charge is 2.30. The highest BCUT2D eigenvalue weighted by atomic mass is 19.4. The monoisotopic (exact) mass is 337 g/mol. The van der Waals surface area contributed by atoms with E-state index < -0.39 is 17.6 Å². The van der Waals surface area contributed by atoms with Gasteiger partial charge in [-0.25, -0.2) is 0 Å². The van der Waals surface area contributed by atoms with Gasteiger partial charge in [0, 0.05) is 38.1 Å². The molecular formula is C17H18F3N3O. The number of carbonyl (C=O) groups excluding carboxylic acids is 1. The van der Waals surface area contributed by atoms with E-state index in [1.165, 1.54) is 12.1 Å². The van der Waals surface area contributed by atoms with E-state index in [4.69, 9.17) is 5.73 Å². The Hall–Kier alpha value is -2.28. The zero-order valence-electron chi connectivity index (χ0n) is 13.0. The lowest BCUT2D eigenvalue weighted by Crippen LogP contribution is -2.22. The molecule has 0 radical (unpaired) electrons. The molecule has 0 fully saturated rings. The number of benzene rings is 1. The minimum absolute atomic E-state index is 0.454. The second-order valence-electron chi connectivity index (χ2n) is 6.04. The smallest absolute Gasteiger partial charge is 0.366 e. The lowest BCUT2D eigenvalue weighted by Gasteiger charge is -2.20. The number of nitrogens with zero attached hydrogens (tertiary/aromatic N) is 2. The number of hydrogen-bond acceptors (Lipinski definition) is 2. The Balaban J connectivity index is 1.72. The molecule has 0 aliphatic carbocycles. The van der Waals surface area contributed by atoms with Crippen molar-refractivity contribution in [2.75, 3.05) is 6.54 Å². The van der Waals surface area contributed by atoms with Gasteiger partial charge in [-0.1, -0.05) is 12.1 Å². The van der Waals surface area contributed by atoms with Crippen molar-refractivity contribution in [2.24, 2.45) is 5.73 Å². The molecule has 1 aliphatic rings. The molecule has 2 N–H and O–H groups in total. The molecule has 0 saturated heterocycles. The van der Waals surface area contributed by atoms with Crippen molar-refractivity contribution in [3.8, 4) is 0 Å². The van der Waals surface area contributed by atoms with Gasteiger partial charge in [-0.15, -0.1) is 0 Å². The van der Waals surface area contributed by atoms with Gasteiger partial charge < -0.3 is 10.3 Å². The van der Waals surface area contributed by atoms with Crippen LogP contribution >= 0.6 is 0 Å². The molecule has 1 amide bonds. The average molecular weight is 337 g/mol. The number of fused-ring (bicyclic) bond motifs is 1. The van der Waals surface area contributed by atoms with E-state index in [1.54, 1.807) is 12.3 Å². The van der Waals surface area contributed by atoms with E-state index in [1.807, 2.05) is 4.57 Å². The van der Waals surface area contributed by atoms with Gasteiger partial charge in [0.05, 0.1) is 11.1 Å². The SMILES string of the molecule is NC(=O)c1cc2n(c1)CCCN(Cc1ccc(C(F)(F)F)cc1)C2. The lowest BCUT2D eigenvalue weighted by atomic mass is 10.1. The van der Waals surface area contributed by atoms with Crippen molar-refractivity contribution in [2.45, 2.75) is 32.2 Å². The molecule has 0 atom stereocenters. The van der Waals surface area contributed by atoms with Crippen molar-refractivity contribution < 1.29 is 18.0 Å². The second kappa shape index (κ2) is 6.32. The van der Waals surface area contributed by atoms with Crippen molar-refractivity contribution in [1.82, 2.24) is 9.47 Å². The van der Waals surface area contributed by atoms with E-state index in [-0.39, 0.29) is 0 Å². The van der Waals surface area contributed by atoms with Crippen LogP contribution < -0.4 is 5.73 Å². The van der Waals surface area contributed by atoms with Crippen molar-refractivity contribution >= 4 is 5.91 Å². The van der Waals surface area contributed by atoms with Gasteiger partial charge in [-0.3, -0.25) is 9.69 Å². The first-order valence-electron chi connectivity index (χ1n) is 7.70. The molecule has 0 spiro atoms. The predicted octanol–water partition coefficient (Wildman–Crippen LogP) is 3.01. The quantitative estimate of drug-likeness (QED) is 0.936. The zero-order chi connectivity index (χ0) is 17.3. The summed E-state index contributed by atoms with van der Waals surface area (Å²) in [4.78, 5) is 13.5. The fraction of sp³-hybridized carbons (Fsp3) is 0.353. The van der Waals surface area contributed by atoms with Crippen molar-refractivity contribution in [3.63, 3.8) is 0 Å². The molecule has 4 nitrogen and oxygen atoms in total. The molecule has 1 aliphatic heterocycles. The molecule has 2 aromatic rings. The van der Waals surface area contributed by atoms with Crippen LogP contribution in [0.1, 0.15) is 33.6 Å². The zero-order valence-corrected chi connectivity index (χ0v) is 13.0. The summed E-state index contributed by atoms with van der Waals surface area (Å²) in [6, 6.07) is 7.04. The van der Waals surface area contributed by atoms with Crippen LogP contribution in [-0.4, -0.2) is 21.9 Å². The van der Waals surface area contributed by atoms with E-state index in [0.29, 0.717) is 18.7 Å². The van der Waals surface area contributed by atoms with Gasteiger partial charge in [0.15, 0.2) is 0 Å². The van der Waals surface area contributed by atoms with E-state index in [0.717, 1.165) is 42.9 Å². The van der Waals surface area contributed by atoms with Gasteiger partial charge in [-0.05, 0) is 30.2 Å². The van der Waals surface area contributed by atoms with Crippen LogP contribution in [0.25, 0.3) is 0 Å². The summed E-state index contributed by atoms with van der Waals surface area (Å²) in [5.74, 6) is -0.454. The number of hydrogen-bond donors (Lipinski definition) is 1. The summed E-state index contributed by atoms with van der Waals surface area (Å²) in [6.45, 7) is 2.84. The molecule has 0 saturated carbocycles. The third-order valence-electron chi connectivity index (χ3n) is 4.22. The van der Waals surface area contributed by atoms with Crippen molar-refractivity contribution in [1.29, 1.82) is 0 Å². The van der Waals surface area contributed by atoms with E-state index in [2.05, 4.69) is 4.90 Å². The Labute approximate surface area is 137 Å². The summed E-state index contributed by atoms with van der Waals surface area (Å²) < 4.78 is 39.9. The van der Waals surface area contributed by atoms with Crippen LogP contribution in [0, 0.1) is 0 Å². The third kappa shape index (κ3) is 3.62. The molecule has 24 heavy (non-hydrogen) atoms. The maximum atomic E-state index is 12.6. The number of halogens is 3. The minimum Gasteiger partial charge on any atom is -0.366 e. The number of carbonyl (C=O) groups is 1. The number of nitrogens with two attached hydrogens (primary N) is 1. The normalized spacial score (nSPS) is 15.8. The summed E-state index contributed by atoms with van der Waals surface area (Å²) in [7, 11) is 0. The summed E-state index contributed by atoms with van der Waals surface area (Å²) in [5.41, 5.74) is 6.99. The Morgan fingerprint density at radius 1 is 1.17 bits per heavy atom. The van der Waals surface area contributed by atoms with Crippen LogP contribution in [-0.2, 0) is 25.8 Å². The van der Waals surface area contributed by atoms with Gasteiger partial charge in [-0.2, -0.15) is 13.2 Å². The predicted molar refractivity (Wildman–Crippen MR) is 83.1 cm³/mol. The van der Waals surface area contributed by atoms with Crippen LogP contribution in [0.4, 0.5) is 13.2 Å². The standard InChI is InChI=1S/C17H18F3N3O/c18-17(19,20)14-4-2-12(3-5-14)9-22-6-1-7-23-10-13(16(21)24)8-15(23)11-22/h2-5,8,10H,1,6-7,9,11H2,(H2,21,24). The first-order chi connectivity index (χ1) is 11.3. The van der Waals surface area contributed by atoms with Crippen LogP contribution in [0.3, 0.4) is 0 Å². The average Bonchev–Trinajstić information content (AvgIpc) is 2.81. The Morgan fingerprint density at radius 2 is 1.88 bits per heavy atom. The fourth-order valence-electron chi connectivity index (χ4n) is 2.99. The molecule has 0 unspecified atom stereocenters. The van der Waals surface area contributed by atoms with Gasteiger partial charge in [0.2, 0.25) is 5.91 Å². The number of alkyl halides is 3. The summed E-state index contributed by atoms with van der Waals surface area (Å²) >= 11 is 0. The van der Waals surface area contributed by atoms with Crippen LogP contribution in [0.5, 0.6) is 0 Å². The largest absolute Gasteiger partial charge is 0.416 e. The second-order valence-corrected chi connectivity index (χ2v) is 6.04. The van der Waals surface area contributed by atoms with Gasteiger partial charge in [0.25, 0.3) is 0 Å². The number of rotatable bonds is 3. The fourth-order valence-corrected chi connectivity index (χ4v) is 2.99. The maximum absolute atomic E-state index is 12.6. The molecule has 1 aromatic carbocycles. The molecule has 128 valence electrons. The number of amides is 1. The lowest BCUT2D eigenvalue weighted by molar-refractivity contribution is -0.137. The topological polar surface area (TPSA) is 51.3 Å². The maximum Gasteiger partial charge on any atom is 0.416 e. The summed E-state index contributed by atoms with van der Waals surface area (Å²) in [6.07, 6.45) is -1.65. The first kappa shape index (κ1) is 16.6. The highest BCUT2D eigenvalue weighted by Crippen LogP contribution is 2.29. The first-order valence-corrected chi connectivity index (χ1v) is 7.70. The van der Waals surface area contributed by atoms with Gasteiger partial charge in [0.1, 0.15) is 0 Å². The van der Waals surface area contributed by atoms with Gasteiger partial charge >= 0.3 is 6.18 Å². The van der Waals surface area contributed by atoms with E-state index in [9.17, 15) is 18.0 Å². The van der Waals surface area contributed by atoms with Crippen LogP contribution in [0.15, 0.2) is 36.5 Å². The Morgan fingerprint density at radius 3 is 2.50 bits per heavy atom. The van der Waals surface area contributed by atoms with E-state index >= 15 is 0 Å². The van der Waals surface area contributed by atoms with Crippen molar-refractivity contribution in [3.05, 3.63) is 58.9 Å². The number of primary amides is 1.